The van der Waals surface area contributed by atoms with Gasteiger partial charge >= 0.3 is 0 Å². The molecule has 1 amide bonds. The molecule has 2 N–H and O–H groups in total. The summed E-state index contributed by atoms with van der Waals surface area (Å²) in [5.74, 6) is 1.05. The van der Waals surface area contributed by atoms with Crippen LogP contribution in [0.5, 0.6) is 0 Å². The van der Waals surface area contributed by atoms with Gasteiger partial charge in [0.25, 0.3) is 0 Å². The molecule has 3 heteroatoms. The van der Waals surface area contributed by atoms with Gasteiger partial charge in [-0.25, -0.2) is 0 Å². The van der Waals surface area contributed by atoms with Crippen LogP contribution in [-0.4, -0.2) is 29.9 Å². The van der Waals surface area contributed by atoms with E-state index < -0.39 is 0 Å². The molecule has 0 aromatic rings. The molecule has 2 atom stereocenters. The van der Waals surface area contributed by atoms with Crippen molar-refractivity contribution < 1.29 is 4.79 Å². The molecule has 0 aromatic heterocycles. The van der Waals surface area contributed by atoms with E-state index in [0.29, 0.717) is 17.9 Å². The molecular weight excluding hydrogens is 212 g/mol. The predicted molar refractivity (Wildman–Crippen MR) is 71.7 cm³/mol. The number of nitrogens with zero attached hydrogens (tertiary/aromatic N) is 1. The minimum Gasteiger partial charge on any atom is -0.339 e. The van der Waals surface area contributed by atoms with Gasteiger partial charge in [-0.15, -0.1) is 0 Å². The van der Waals surface area contributed by atoms with Crippen molar-refractivity contribution in [3.05, 3.63) is 0 Å². The molecule has 1 aliphatic heterocycles. The molecule has 100 valence electrons. The third-order valence-electron chi connectivity index (χ3n) is 3.76. The summed E-state index contributed by atoms with van der Waals surface area (Å²) in [4.78, 5) is 14.2. The number of nitrogens with two attached hydrogens (primary N) is 1. The Bertz CT molecular complexity index is 230. The van der Waals surface area contributed by atoms with Gasteiger partial charge in [0.05, 0.1) is 0 Å². The Morgan fingerprint density at radius 2 is 2.00 bits per heavy atom. The average Bonchev–Trinajstić information content (AvgIpc) is 2.70. The molecule has 1 fully saturated rings. The lowest BCUT2D eigenvalue weighted by atomic mass is 10.1. The molecule has 0 saturated carbocycles. The molecular formula is C14H28N2O. The van der Waals surface area contributed by atoms with Gasteiger partial charge in [0.2, 0.25) is 5.91 Å². The van der Waals surface area contributed by atoms with Crippen LogP contribution in [0.2, 0.25) is 0 Å². The van der Waals surface area contributed by atoms with E-state index in [0.717, 1.165) is 51.6 Å². The molecule has 1 rings (SSSR count). The second-order valence-electron chi connectivity index (χ2n) is 5.40. The summed E-state index contributed by atoms with van der Waals surface area (Å²) in [7, 11) is 0. The maximum Gasteiger partial charge on any atom is 0.222 e. The van der Waals surface area contributed by atoms with Gasteiger partial charge in [0, 0.05) is 19.0 Å². The molecule has 17 heavy (non-hydrogen) atoms. The highest BCUT2D eigenvalue weighted by molar-refractivity contribution is 5.76. The van der Waals surface area contributed by atoms with E-state index in [1.54, 1.807) is 0 Å². The van der Waals surface area contributed by atoms with Crippen molar-refractivity contribution in [2.75, 3.05) is 13.1 Å². The fourth-order valence-electron chi connectivity index (χ4n) is 2.76. The van der Waals surface area contributed by atoms with E-state index >= 15 is 0 Å². The molecule has 1 saturated heterocycles. The molecule has 1 heterocycles. The summed E-state index contributed by atoms with van der Waals surface area (Å²) in [6, 6.07) is 0.501. The normalized spacial score (nSPS) is 24.3. The number of unbranched alkanes of at least 4 members (excludes halogenated alkanes) is 3. The minimum atomic E-state index is 0.369. The number of rotatable bonds is 7. The summed E-state index contributed by atoms with van der Waals surface area (Å²) in [5, 5.41) is 0. The van der Waals surface area contributed by atoms with Crippen molar-refractivity contribution in [3.63, 3.8) is 0 Å². The molecule has 0 radical (unpaired) electrons. The van der Waals surface area contributed by atoms with Crippen molar-refractivity contribution in [3.8, 4) is 0 Å². The summed E-state index contributed by atoms with van der Waals surface area (Å²) >= 11 is 0. The van der Waals surface area contributed by atoms with E-state index in [1.165, 1.54) is 6.42 Å². The van der Waals surface area contributed by atoms with Crippen LogP contribution in [0, 0.1) is 5.92 Å². The fraction of sp³-hybridized carbons (Fsp3) is 0.929. The Morgan fingerprint density at radius 1 is 1.29 bits per heavy atom. The highest BCUT2D eigenvalue weighted by Gasteiger charge is 2.30. The SMILES string of the molecule is CCC1CC(C)CN1C(=O)CCCCCCN. The molecule has 0 spiro atoms. The van der Waals surface area contributed by atoms with Crippen LogP contribution in [0.1, 0.15) is 58.8 Å². The fourth-order valence-corrected chi connectivity index (χ4v) is 2.76. The van der Waals surface area contributed by atoms with Crippen LogP contribution in [-0.2, 0) is 4.79 Å². The van der Waals surface area contributed by atoms with Gasteiger partial charge in [-0.1, -0.05) is 26.7 Å². The van der Waals surface area contributed by atoms with E-state index in [-0.39, 0.29) is 0 Å². The summed E-state index contributed by atoms with van der Waals surface area (Å²) in [6.45, 7) is 6.18. The van der Waals surface area contributed by atoms with Gasteiger partial charge in [0.1, 0.15) is 0 Å². The highest BCUT2D eigenvalue weighted by Crippen LogP contribution is 2.25. The third kappa shape index (κ3) is 4.66. The van der Waals surface area contributed by atoms with Gasteiger partial charge in [-0.2, -0.15) is 0 Å². The predicted octanol–water partition coefficient (Wildman–Crippen LogP) is 2.54. The van der Waals surface area contributed by atoms with Gasteiger partial charge < -0.3 is 10.6 Å². The monoisotopic (exact) mass is 240 g/mol. The number of likely N-dealkylation sites (tertiary alicyclic amines) is 1. The Balaban J connectivity index is 2.22. The Labute approximate surface area is 106 Å². The smallest absolute Gasteiger partial charge is 0.222 e. The van der Waals surface area contributed by atoms with E-state index in [1.807, 2.05) is 0 Å². The Morgan fingerprint density at radius 3 is 2.65 bits per heavy atom. The van der Waals surface area contributed by atoms with Crippen LogP contribution < -0.4 is 5.73 Å². The van der Waals surface area contributed by atoms with Gasteiger partial charge in [-0.3, -0.25) is 4.79 Å². The van der Waals surface area contributed by atoms with Gasteiger partial charge in [-0.05, 0) is 38.1 Å². The molecule has 2 unspecified atom stereocenters. The van der Waals surface area contributed by atoms with E-state index in [4.69, 9.17) is 5.73 Å². The lowest BCUT2D eigenvalue weighted by molar-refractivity contribution is -0.132. The first-order valence-electron chi connectivity index (χ1n) is 7.18. The molecule has 0 aromatic carbocycles. The van der Waals surface area contributed by atoms with Crippen molar-refractivity contribution in [1.82, 2.24) is 4.90 Å². The van der Waals surface area contributed by atoms with Crippen molar-refractivity contribution in [2.45, 2.75) is 64.8 Å². The standard InChI is InChI=1S/C14H28N2O/c1-3-13-10-12(2)11-16(13)14(17)8-6-4-5-7-9-15/h12-13H,3-11,15H2,1-2H3. The molecule has 0 aliphatic carbocycles. The quantitative estimate of drug-likeness (QED) is 0.695. The lowest BCUT2D eigenvalue weighted by Gasteiger charge is -2.23. The second kappa shape index (κ2) is 7.70. The van der Waals surface area contributed by atoms with Crippen LogP contribution in [0.4, 0.5) is 0 Å². The summed E-state index contributed by atoms with van der Waals surface area (Å²) in [5.41, 5.74) is 5.45. The largest absolute Gasteiger partial charge is 0.339 e. The molecule has 3 nitrogen and oxygen atoms in total. The number of carbonyl (C=O) groups excluding carboxylic acids is 1. The first kappa shape index (κ1) is 14.5. The first-order valence-corrected chi connectivity index (χ1v) is 7.18. The number of hydrogen-bond donors (Lipinski definition) is 1. The minimum absolute atomic E-state index is 0.369. The summed E-state index contributed by atoms with van der Waals surface area (Å²) in [6.07, 6.45) is 7.44. The van der Waals surface area contributed by atoms with E-state index in [2.05, 4.69) is 18.7 Å². The number of carbonyl (C=O) groups is 1. The third-order valence-corrected chi connectivity index (χ3v) is 3.76. The lowest BCUT2D eigenvalue weighted by Crippen LogP contribution is -2.35. The summed E-state index contributed by atoms with van der Waals surface area (Å²) < 4.78 is 0. The van der Waals surface area contributed by atoms with Crippen molar-refractivity contribution >= 4 is 5.91 Å². The topological polar surface area (TPSA) is 46.3 Å². The van der Waals surface area contributed by atoms with Crippen molar-refractivity contribution in [2.24, 2.45) is 11.7 Å². The zero-order valence-electron chi connectivity index (χ0n) is 11.5. The Hall–Kier alpha value is -0.570. The number of amides is 1. The van der Waals surface area contributed by atoms with Gasteiger partial charge in [0.15, 0.2) is 0 Å². The second-order valence-corrected chi connectivity index (χ2v) is 5.40. The average molecular weight is 240 g/mol. The highest BCUT2D eigenvalue weighted by atomic mass is 16.2. The number of hydrogen-bond acceptors (Lipinski definition) is 2. The van der Waals surface area contributed by atoms with Crippen LogP contribution in [0.25, 0.3) is 0 Å². The van der Waals surface area contributed by atoms with Crippen molar-refractivity contribution in [1.29, 1.82) is 0 Å². The zero-order chi connectivity index (χ0) is 12.7. The molecule has 0 bridgehead atoms. The van der Waals surface area contributed by atoms with E-state index in [9.17, 15) is 4.79 Å². The zero-order valence-corrected chi connectivity index (χ0v) is 11.5. The molecule has 1 aliphatic rings. The van der Waals surface area contributed by atoms with Crippen LogP contribution >= 0.6 is 0 Å². The maximum absolute atomic E-state index is 12.1. The maximum atomic E-state index is 12.1. The first-order chi connectivity index (χ1) is 8.19. The van der Waals surface area contributed by atoms with Crippen LogP contribution in [0.15, 0.2) is 0 Å². The van der Waals surface area contributed by atoms with Crippen LogP contribution in [0.3, 0.4) is 0 Å². The Kier molecular flexibility index (Phi) is 6.56.